The largest absolute Gasteiger partial charge is 0.474 e. The van der Waals surface area contributed by atoms with Gasteiger partial charge in [0.1, 0.15) is 23.1 Å². The number of nitrogens with one attached hydrogen (secondary N) is 2. The van der Waals surface area contributed by atoms with Gasteiger partial charge in [-0.2, -0.15) is 4.98 Å². The first-order valence-electron chi connectivity index (χ1n) is 14.2. The maximum Gasteiger partial charge on any atom is 0.437 e. The number of carbonyl (C=O) groups is 2. The number of alkyl carbamates (subject to hydrolysis) is 1. The van der Waals surface area contributed by atoms with Crippen molar-refractivity contribution in [3.05, 3.63) is 24.4 Å². The van der Waals surface area contributed by atoms with Crippen molar-refractivity contribution in [1.82, 2.24) is 20.6 Å². The maximum atomic E-state index is 12.4. The summed E-state index contributed by atoms with van der Waals surface area (Å²) in [6.45, 7) is 13.4. The molecule has 0 radical (unpaired) electrons. The van der Waals surface area contributed by atoms with Gasteiger partial charge in [-0.05, 0) is 79.4 Å². The van der Waals surface area contributed by atoms with Crippen molar-refractivity contribution < 1.29 is 28.5 Å². The lowest BCUT2D eigenvalue weighted by atomic mass is 9.93. The summed E-state index contributed by atoms with van der Waals surface area (Å²) in [4.78, 5) is 40.4. The van der Waals surface area contributed by atoms with Crippen molar-refractivity contribution in [2.24, 2.45) is 4.99 Å². The minimum Gasteiger partial charge on any atom is -0.474 e. The molecule has 1 saturated heterocycles. The molecule has 1 aliphatic carbocycles. The molecule has 0 unspecified atom stereocenters. The minimum atomic E-state index is -0.806. The topological polar surface area (TPSA) is 136 Å². The van der Waals surface area contributed by atoms with E-state index >= 15 is 0 Å². The number of nitrogens with zero attached hydrogens (tertiary/aromatic N) is 4. The average Bonchev–Trinajstić information content (AvgIpc) is 2.88. The van der Waals surface area contributed by atoms with Gasteiger partial charge in [0.2, 0.25) is 11.8 Å². The number of ether oxygens (including phenoxy) is 4. The lowest BCUT2D eigenvalue weighted by Gasteiger charge is -2.31. The summed E-state index contributed by atoms with van der Waals surface area (Å²) >= 11 is 0. The van der Waals surface area contributed by atoms with Crippen LogP contribution >= 0.6 is 0 Å². The number of morpholine rings is 1. The van der Waals surface area contributed by atoms with Crippen LogP contribution < -0.4 is 20.3 Å². The first kappa shape index (κ1) is 30.3. The summed E-state index contributed by atoms with van der Waals surface area (Å²) in [5.74, 6) is 1.41. The Hall–Kier alpha value is -3.67. The number of hydrogen-bond acceptors (Lipinski definition) is 9. The van der Waals surface area contributed by atoms with Crippen LogP contribution in [0, 0.1) is 0 Å². The molecule has 0 bridgehead atoms. The normalized spacial score (nSPS) is 20.3. The second-order valence-corrected chi connectivity index (χ2v) is 12.3. The molecule has 2 amide bonds. The van der Waals surface area contributed by atoms with E-state index in [4.69, 9.17) is 23.9 Å². The summed E-state index contributed by atoms with van der Waals surface area (Å²) in [5.41, 5.74) is -0.589. The van der Waals surface area contributed by atoms with Crippen molar-refractivity contribution in [3.63, 3.8) is 0 Å². The molecule has 0 spiro atoms. The fourth-order valence-electron chi connectivity index (χ4n) is 4.63. The summed E-state index contributed by atoms with van der Waals surface area (Å²) in [6.07, 6.45) is 3.16. The SMILES string of the molecule is CC(C)(C)OC(=O)/N=C(\NC(=O)OC(C)(C)C)N[C@H]1CC[C@@H](Oc2nc(N3CCOCC3)cc3ncccc23)CC1. The third-order valence-corrected chi connectivity index (χ3v) is 6.40. The monoisotopic (exact) mass is 570 g/mol. The van der Waals surface area contributed by atoms with Crippen LogP contribution in [0.4, 0.5) is 15.4 Å². The van der Waals surface area contributed by atoms with Crippen LogP contribution in [-0.4, -0.2) is 77.8 Å². The van der Waals surface area contributed by atoms with Crippen LogP contribution in [-0.2, 0) is 14.2 Å². The van der Waals surface area contributed by atoms with E-state index < -0.39 is 23.4 Å². The molecule has 41 heavy (non-hydrogen) atoms. The molecule has 2 N–H and O–H groups in total. The van der Waals surface area contributed by atoms with Crippen LogP contribution in [0.15, 0.2) is 29.4 Å². The first-order valence-corrected chi connectivity index (χ1v) is 14.2. The molecule has 1 aliphatic heterocycles. The van der Waals surface area contributed by atoms with Gasteiger partial charge in [0.15, 0.2) is 0 Å². The molecule has 3 heterocycles. The molecule has 2 aliphatic rings. The molecular weight excluding hydrogens is 528 g/mol. The Morgan fingerprint density at radius 1 is 1.02 bits per heavy atom. The van der Waals surface area contributed by atoms with Gasteiger partial charge in [-0.25, -0.2) is 9.59 Å². The molecular formula is C29H42N6O6. The van der Waals surface area contributed by atoms with Gasteiger partial charge in [0.05, 0.1) is 24.1 Å². The predicted octanol–water partition coefficient (Wildman–Crippen LogP) is 4.56. The van der Waals surface area contributed by atoms with Crippen LogP contribution in [0.5, 0.6) is 5.88 Å². The lowest BCUT2D eigenvalue weighted by molar-refractivity contribution is 0.0559. The number of guanidine groups is 1. The minimum absolute atomic E-state index is 0.00480. The summed E-state index contributed by atoms with van der Waals surface area (Å²) in [7, 11) is 0. The Kier molecular flexibility index (Phi) is 9.52. The fraction of sp³-hybridized carbons (Fsp3) is 0.621. The van der Waals surface area contributed by atoms with Gasteiger partial charge in [0, 0.05) is 31.4 Å². The van der Waals surface area contributed by atoms with E-state index in [0.717, 1.165) is 55.5 Å². The molecule has 4 rings (SSSR count). The Morgan fingerprint density at radius 2 is 1.71 bits per heavy atom. The van der Waals surface area contributed by atoms with Gasteiger partial charge >= 0.3 is 12.2 Å². The number of aliphatic imine (C=N–C) groups is 1. The second-order valence-electron chi connectivity index (χ2n) is 12.3. The number of anilines is 1. The smallest absolute Gasteiger partial charge is 0.437 e. The van der Waals surface area contributed by atoms with E-state index in [0.29, 0.717) is 19.1 Å². The van der Waals surface area contributed by atoms with E-state index in [9.17, 15) is 9.59 Å². The van der Waals surface area contributed by atoms with E-state index in [1.165, 1.54) is 0 Å². The van der Waals surface area contributed by atoms with Crippen LogP contribution in [0.25, 0.3) is 10.9 Å². The maximum absolute atomic E-state index is 12.4. The average molecular weight is 571 g/mol. The summed E-state index contributed by atoms with van der Waals surface area (Å²) in [6, 6.07) is 5.81. The molecule has 2 aromatic heterocycles. The van der Waals surface area contributed by atoms with Crippen LogP contribution in [0.3, 0.4) is 0 Å². The number of aromatic nitrogens is 2. The molecule has 2 fully saturated rings. The molecule has 12 nitrogen and oxygen atoms in total. The zero-order chi connectivity index (χ0) is 29.6. The highest BCUT2D eigenvalue weighted by molar-refractivity contribution is 5.99. The van der Waals surface area contributed by atoms with Crippen molar-refractivity contribution >= 4 is 34.9 Å². The Balaban J connectivity index is 1.41. The Bertz CT molecular complexity index is 1240. The molecule has 12 heteroatoms. The zero-order valence-electron chi connectivity index (χ0n) is 24.9. The van der Waals surface area contributed by atoms with Crippen LogP contribution in [0.1, 0.15) is 67.2 Å². The molecule has 1 saturated carbocycles. The van der Waals surface area contributed by atoms with E-state index in [2.05, 4.69) is 25.5 Å². The van der Waals surface area contributed by atoms with Gasteiger partial charge < -0.3 is 29.2 Å². The van der Waals surface area contributed by atoms with Crippen molar-refractivity contribution in [1.29, 1.82) is 0 Å². The number of hydrogen-bond donors (Lipinski definition) is 2. The van der Waals surface area contributed by atoms with Gasteiger partial charge in [0.25, 0.3) is 0 Å². The molecule has 224 valence electrons. The highest BCUT2D eigenvalue weighted by atomic mass is 16.6. The van der Waals surface area contributed by atoms with Crippen molar-refractivity contribution in [2.75, 3.05) is 31.2 Å². The lowest BCUT2D eigenvalue weighted by Crippen LogP contribution is -2.49. The highest BCUT2D eigenvalue weighted by Gasteiger charge is 2.27. The van der Waals surface area contributed by atoms with Gasteiger partial charge in [-0.15, -0.1) is 4.99 Å². The molecule has 0 aromatic carbocycles. The number of amides is 2. The third-order valence-electron chi connectivity index (χ3n) is 6.40. The van der Waals surface area contributed by atoms with Crippen molar-refractivity contribution in [2.45, 2.75) is 90.6 Å². The number of carbonyl (C=O) groups excluding carboxylic acids is 2. The van der Waals surface area contributed by atoms with Crippen molar-refractivity contribution in [3.8, 4) is 5.88 Å². The second kappa shape index (κ2) is 12.9. The van der Waals surface area contributed by atoms with E-state index in [-0.39, 0.29) is 18.1 Å². The van der Waals surface area contributed by atoms with Gasteiger partial charge in [-0.3, -0.25) is 10.3 Å². The number of rotatable bonds is 4. The first-order chi connectivity index (χ1) is 19.3. The standard InChI is InChI=1S/C29H42N6O6/c1-28(2,3)40-26(36)33-25(34-27(37)41-29(4,5)6)31-19-9-11-20(12-10-19)39-24-21-8-7-13-30-22(21)18-23(32-24)35-14-16-38-17-15-35/h7-8,13,18-20H,9-12,14-17H2,1-6H3,(H2,31,33,34,36,37)/t19-,20+. The Morgan fingerprint density at radius 3 is 2.37 bits per heavy atom. The Labute approximate surface area is 241 Å². The van der Waals surface area contributed by atoms with E-state index in [1.54, 1.807) is 47.7 Å². The molecule has 2 aromatic rings. The zero-order valence-corrected chi connectivity index (χ0v) is 24.9. The van der Waals surface area contributed by atoms with E-state index in [1.807, 2.05) is 18.2 Å². The predicted molar refractivity (Wildman–Crippen MR) is 155 cm³/mol. The quantitative estimate of drug-likeness (QED) is 0.398. The fourth-order valence-corrected chi connectivity index (χ4v) is 4.63. The highest BCUT2D eigenvalue weighted by Crippen LogP contribution is 2.31. The number of pyridine rings is 2. The van der Waals surface area contributed by atoms with Gasteiger partial charge in [-0.1, -0.05) is 0 Å². The molecule has 0 atom stereocenters. The number of fused-ring (bicyclic) bond motifs is 1. The summed E-state index contributed by atoms with van der Waals surface area (Å²) in [5, 5.41) is 6.63. The van der Waals surface area contributed by atoms with Crippen LogP contribution in [0.2, 0.25) is 0 Å². The summed E-state index contributed by atoms with van der Waals surface area (Å²) < 4.78 is 22.6. The third kappa shape index (κ3) is 9.44.